The molecule has 4 heteroatoms. The minimum Gasteiger partial charge on any atom is -0.358 e. The summed E-state index contributed by atoms with van der Waals surface area (Å²) in [5.41, 5.74) is 0. The summed E-state index contributed by atoms with van der Waals surface area (Å²) in [6, 6.07) is 0. The zero-order valence-electron chi connectivity index (χ0n) is 5.01. The van der Waals surface area contributed by atoms with Gasteiger partial charge >= 0.3 is 0 Å². The van der Waals surface area contributed by atoms with Gasteiger partial charge in [0.05, 0.1) is 0 Å². The highest BCUT2D eigenvalue weighted by molar-refractivity contribution is 5.85. The highest BCUT2D eigenvalue weighted by atomic mass is 35.5. The molecule has 0 amide bonds. The maximum Gasteiger partial charge on any atom is 0.216 e. The van der Waals surface area contributed by atoms with Crippen LogP contribution >= 0.6 is 12.4 Å². The van der Waals surface area contributed by atoms with E-state index in [1.165, 1.54) is 0 Å². The molecule has 0 aliphatic rings. The molecule has 48 valence electrons. The molecule has 0 bridgehead atoms. The van der Waals surface area contributed by atoms with Crippen molar-refractivity contribution in [1.82, 2.24) is 5.32 Å². The first-order valence-electron chi connectivity index (χ1n) is 1.96. The average molecular weight is 136 g/mol. The minimum atomic E-state index is 0. The van der Waals surface area contributed by atoms with Gasteiger partial charge in [-0.2, -0.15) is 0 Å². The fourth-order valence-electron chi connectivity index (χ4n) is 0.262. The van der Waals surface area contributed by atoms with Crippen molar-refractivity contribution in [2.45, 2.75) is 0 Å². The number of aliphatic imine (C=N–C) groups is 2. The standard InChI is InChI=1S/C4H9N3.ClH/c1-5-4(6-2)7-3;/h1H2,2-3H3,(H,6,7);1H. The molecule has 3 nitrogen and oxygen atoms in total. The van der Waals surface area contributed by atoms with Crippen LogP contribution in [0.2, 0.25) is 0 Å². The Morgan fingerprint density at radius 1 is 1.62 bits per heavy atom. The molecule has 0 rings (SSSR count). The third-order valence-electron chi connectivity index (χ3n) is 0.585. The molecule has 0 radical (unpaired) electrons. The summed E-state index contributed by atoms with van der Waals surface area (Å²) in [7, 11) is 3.40. The van der Waals surface area contributed by atoms with Crippen LogP contribution in [0.25, 0.3) is 0 Å². The minimum absolute atomic E-state index is 0. The molecule has 0 saturated heterocycles. The summed E-state index contributed by atoms with van der Waals surface area (Å²) in [6.45, 7) is 3.26. The number of guanidine groups is 1. The van der Waals surface area contributed by atoms with Gasteiger partial charge in [0.25, 0.3) is 0 Å². The van der Waals surface area contributed by atoms with Gasteiger partial charge in [-0.25, -0.2) is 4.99 Å². The first-order chi connectivity index (χ1) is 3.35. The second-order valence-electron chi connectivity index (χ2n) is 0.955. The van der Waals surface area contributed by atoms with E-state index < -0.39 is 0 Å². The summed E-state index contributed by atoms with van der Waals surface area (Å²) in [5, 5.41) is 2.72. The fraction of sp³-hybridized carbons (Fsp3) is 0.500. The number of nitrogens with one attached hydrogen (secondary N) is 1. The van der Waals surface area contributed by atoms with Crippen LogP contribution in [-0.4, -0.2) is 26.8 Å². The third-order valence-corrected chi connectivity index (χ3v) is 0.585. The zero-order valence-corrected chi connectivity index (χ0v) is 5.83. The molecule has 8 heavy (non-hydrogen) atoms. The van der Waals surface area contributed by atoms with Gasteiger partial charge in [-0.15, -0.1) is 12.4 Å². The zero-order chi connectivity index (χ0) is 5.70. The van der Waals surface area contributed by atoms with Crippen LogP contribution in [0.4, 0.5) is 0 Å². The van der Waals surface area contributed by atoms with Gasteiger partial charge in [-0.3, -0.25) is 4.99 Å². The molecule has 1 N–H and O–H groups in total. The van der Waals surface area contributed by atoms with Crippen LogP contribution in [0.1, 0.15) is 0 Å². The molecule has 0 aliphatic heterocycles. The van der Waals surface area contributed by atoms with Crippen LogP contribution < -0.4 is 5.32 Å². The molecule has 0 spiro atoms. The van der Waals surface area contributed by atoms with Crippen LogP contribution in [0.15, 0.2) is 9.98 Å². The Labute approximate surface area is 55.3 Å². The van der Waals surface area contributed by atoms with E-state index in [1.54, 1.807) is 14.1 Å². The van der Waals surface area contributed by atoms with E-state index >= 15 is 0 Å². The van der Waals surface area contributed by atoms with Crippen molar-refractivity contribution in [2.75, 3.05) is 14.1 Å². The first kappa shape index (κ1) is 10.4. The Hall–Kier alpha value is -0.570. The summed E-state index contributed by atoms with van der Waals surface area (Å²) in [5.74, 6) is 0.569. The molecule has 0 aromatic carbocycles. The number of hydrogen-bond acceptors (Lipinski definition) is 1. The summed E-state index contributed by atoms with van der Waals surface area (Å²) >= 11 is 0. The number of halogens is 1. The van der Waals surface area contributed by atoms with Crippen LogP contribution in [0.3, 0.4) is 0 Å². The third kappa shape index (κ3) is 3.61. The van der Waals surface area contributed by atoms with Gasteiger partial charge in [0.15, 0.2) is 0 Å². The van der Waals surface area contributed by atoms with Crippen LogP contribution in [0.5, 0.6) is 0 Å². The monoisotopic (exact) mass is 135 g/mol. The predicted octanol–water partition coefficient (Wildman–Crippen LogP) is 0.314. The van der Waals surface area contributed by atoms with Crippen LogP contribution in [0, 0.1) is 0 Å². The van der Waals surface area contributed by atoms with Gasteiger partial charge in [0, 0.05) is 14.1 Å². The van der Waals surface area contributed by atoms with Crippen molar-refractivity contribution in [2.24, 2.45) is 9.98 Å². The molecule has 0 unspecified atom stereocenters. The normalized spacial score (nSPS) is 9.50. The highest BCUT2D eigenvalue weighted by Crippen LogP contribution is 1.65. The van der Waals surface area contributed by atoms with E-state index in [1.807, 2.05) is 0 Å². The summed E-state index contributed by atoms with van der Waals surface area (Å²) in [6.07, 6.45) is 0. The Morgan fingerprint density at radius 2 is 2.12 bits per heavy atom. The summed E-state index contributed by atoms with van der Waals surface area (Å²) in [4.78, 5) is 7.22. The van der Waals surface area contributed by atoms with Gasteiger partial charge in [-0.1, -0.05) is 0 Å². The van der Waals surface area contributed by atoms with E-state index in [0.29, 0.717) is 5.96 Å². The van der Waals surface area contributed by atoms with Gasteiger partial charge in [0.2, 0.25) is 5.96 Å². The van der Waals surface area contributed by atoms with Crippen molar-refractivity contribution < 1.29 is 0 Å². The lowest BCUT2D eigenvalue weighted by Crippen LogP contribution is -2.14. The van der Waals surface area contributed by atoms with Gasteiger partial charge < -0.3 is 5.32 Å². The van der Waals surface area contributed by atoms with E-state index in [4.69, 9.17) is 0 Å². The number of rotatable bonds is 0. The number of nitrogens with zero attached hydrogens (tertiary/aromatic N) is 2. The van der Waals surface area contributed by atoms with Crippen molar-refractivity contribution in [3.05, 3.63) is 0 Å². The SMILES string of the molecule is C=NC(=NC)NC.Cl. The number of hydrogen-bond donors (Lipinski definition) is 1. The van der Waals surface area contributed by atoms with Gasteiger partial charge in [-0.05, 0) is 6.72 Å². The van der Waals surface area contributed by atoms with E-state index in [0.717, 1.165) is 0 Å². The molecule has 0 saturated carbocycles. The Kier molecular flexibility index (Phi) is 8.37. The topological polar surface area (TPSA) is 36.8 Å². The molecule has 0 atom stereocenters. The van der Waals surface area contributed by atoms with E-state index in [-0.39, 0.29) is 12.4 Å². The second-order valence-corrected chi connectivity index (χ2v) is 0.955. The average Bonchev–Trinajstić information content (AvgIpc) is 1.72. The quantitative estimate of drug-likeness (QED) is 0.377. The molecular weight excluding hydrogens is 126 g/mol. The van der Waals surface area contributed by atoms with Gasteiger partial charge in [0.1, 0.15) is 0 Å². The lowest BCUT2D eigenvalue weighted by Gasteiger charge is -1.91. The van der Waals surface area contributed by atoms with Crippen molar-refractivity contribution in [3.63, 3.8) is 0 Å². The van der Waals surface area contributed by atoms with Crippen molar-refractivity contribution in [1.29, 1.82) is 0 Å². The first-order valence-corrected chi connectivity index (χ1v) is 1.96. The maximum absolute atomic E-state index is 3.70. The lowest BCUT2D eigenvalue weighted by molar-refractivity contribution is 1.13. The molecule has 0 heterocycles. The van der Waals surface area contributed by atoms with Crippen molar-refractivity contribution >= 4 is 25.1 Å². The molecule has 0 fully saturated rings. The molecule has 0 aliphatic carbocycles. The summed E-state index contributed by atoms with van der Waals surface area (Å²) < 4.78 is 0. The molecule has 0 aromatic rings. The fourth-order valence-corrected chi connectivity index (χ4v) is 0.262. The Bertz CT molecular complexity index is 89.3. The smallest absolute Gasteiger partial charge is 0.216 e. The second kappa shape index (κ2) is 6.43. The lowest BCUT2D eigenvalue weighted by atomic mass is 10.9. The Morgan fingerprint density at radius 3 is 2.12 bits per heavy atom. The Balaban J connectivity index is 0. The molecular formula is C4H10ClN3. The largest absolute Gasteiger partial charge is 0.358 e. The van der Waals surface area contributed by atoms with Crippen molar-refractivity contribution in [3.8, 4) is 0 Å². The predicted molar refractivity (Wildman–Crippen MR) is 39.2 cm³/mol. The van der Waals surface area contributed by atoms with E-state index in [2.05, 4.69) is 22.0 Å². The molecule has 0 aromatic heterocycles. The highest BCUT2D eigenvalue weighted by Gasteiger charge is 1.78. The van der Waals surface area contributed by atoms with E-state index in [9.17, 15) is 0 Å². The maximum atomic E-state index is 3.70. The van der Waals surface area contributed by atoms with Crippen LogP contribution in [-0.2, 0) is 0 Å².